The molecular weight excluding hydrogens is 382 g/mol. The number of carbonyl (C=O) groups is 1. The second-order valence-corrected chi connectivity index (χ2v) is 9.56. The normalized spacial score (nSPS) is 13.4. The molecule has 1 N–H and O–H groups in total. The molecule has 28 heavy (non-hydrogen) atoms. The van der Waals surface area contributed by atoms with Gasteiger partial charge in [-0.3, -0.25) is 8.98 Å². The highest BCUT2D eigenvalue weighted by Gasteiger charge is 2.20. The van der Waals surface area contributed by atoms with Gasteiger partial charge in [0.1, 0.15) is 6.61 Å². The SMILES string of the molecule is Cc1ccc(S(=O)(=O)OCC[C@@H](C)CN(CCO)C(=O)COC(C)(C)C)cc1. The predicted molar refractivity (Wildman–Crippen MR) is 107 cm³/mol. The van der Waals surface area contributed by atoms with Gasteiger partial charge in [-0.2, -0.15) is 8.42 Å². The summed E-state index contributed by atoms with van der Waals surface area (Å²) in [5, 5.41) is 9.22. The summed E-state index contributed by atoms with van der Waals surface area (Å²) in [7, 11) is -3.79. The molecule has 0 saturated carbocycles. The molecule has 0 heterocycles. The molecule has 1 amide bonds. The van der Waals surface area contributed by atoms with Gasteiger partial charge in [0.2, 0.25) is 5.91 Å². The van der Waals surface area contributed by atoms with Crippen molar-refractivity contribution in [3.8, 4) is 0 Å². The second kappa shape index (κ2) is 10.9. The van der Waals surface area contributed by atoms with Crippen LogP contribution in [0.25, 0.3) is 0 Å². The molecule has 8 heteroatoms. The average Bonchev–Trinajstić information content (AvgIpc) is 2.59. The first-order valence-corrected chi connectivity index (χ1v) is 10.8. The third-order valence-corrected chi connectivity index (χ3v) is 5.37. The van der Waals surface area contributed by atoms with E-state index in [0.29, 0.717) is 13.0 Å². The van der Waals surface area contributed by atoms with Crippen LogP contribution in [-0.4, -0.2) is 62.8 Å². The fourth-order valence-corrected chi connectivity index (χ4v) is 3.33. The molecule has 0 aliphatic rings. The van der Waals surface area contributed by atoms with Crippen LogP contribution in [0, 0.1) is 12.8 Å². The molecule has 7 nitrogen and oxygen atoms in total. The van der Waals surface area contributed by atoms with Gasteiger partial charge in [0.05, 0.1) is 23.7 Å². The standard InChI is InChI=1S/C20H33NO6S/c1-16-6-8-18(9-7-16)28(24,25)27-13-10-17(2)14-21(11-12-22)19(23)15-26-20(3,4)5/h6-9,17,22H,10-15H2,1-5H3/t17-/m1/s1. The van der Waals surface area contributed by atoms with Crippen molar-refractivity contribution in [2.75, 3.05) is 32.9 Å². The van der Waals surface area contributed by atoms with Crippen LogP contribution in [0.3, 0.4) is 0 Å². The lowest BCUT2D eigenvalue weighted by atomic mass is 10.1. The second-order valence-electron chi connectivity index (χ2n) is 7.95. The lowest BCUT2D eigenvalue weighted by Crippen LogP contribution is -2.40. The number of nitrogens with zero attached hydrogens (tertiary/aromatic N) is 1. The van der Waals surface area contributed by atoms with Crippen LogP contribution < -0.4 is 0 Å². The Labute approximate surface area is 168 Å². The molecule has 1 rings (SSSR count). The Kier molecular flexibility index (Phi) is 9.56. The minimum absolute atomic E-state index is 0.00152. The number of amides is 1. The van der Waals surface area contributed by atoms with Gasteiger partial charge in [0.15, 0.2) is 0 Å². The summed E-state index contributed by atoms with van der Waals surface area (Å²) in [6.07, 6.45) is 0.459. The van der Waals surface area contributed by atoms with E-state index in [-0.39, 0.29) is 43.1 Å². The molecule has 0 aromatic heterocycles. The third kappa shape index (κ3) is 9.14. The first-order valence-electron chi connectivity index (χ1n) is 9.43. The van der Waals surface area contributed by atoms with Crippen LogP contribution >= 0.6 is 0 Å². The topological polar surface area (TPSA) is 93.1 Å². The van der Waals surface area contributed by atoms with Gasteiger partial charge < -0.3 is 14.7 Å². The van der Waals surface area contributed by atoms with Crippen molar-refractivity contribution >= 4 is 16.0 Å². The molecule has 1 aromatic rings. The van der Waals surface area contributed by atoms with Crippen LogP contribution in [0.15, 0.2) is 29.2 Å². The van der Waals surface area contributed by atoms with Gasteiger partial charge in [-0.15, -0.1) is 0 Å². The van der Waals surface area contributed by atoms with Gasteiger partial charge in [-0.1, -0.05) is 24.6 Å². The molecular formula is C20H33NO6S. The predicted octanol–water partition coefficient (Wildman–Crippen LogP) is 2.36. The molecule has 0 radical (unpaired) electrons. The maximum atomic E-state index is 12.3. The summed E-state index contributed by atoms with van der Waals surface area (Å²) in [5.74, 6) is -0.206. The molecule has 0 spiro atoms. The van der Waals surface area contributed by atoms with Gasteiger partial charge in [-0.25, -0.2) is 0 Å². The Morgan fingerprint density at radius 2 is 1.82 bits per heavy atom. The number of aliphatic hydroxyl groups excluding tert-OH is 1. The Morgan fingerprint density at radius 3 is 2.36 bits per heavy atom. The molecule has 0 saturated heterocycles. The average molecular weight is 416 g/mol. The fourth-order valence-electron chi connectivity index (χ4n) is 2.41. The number of aliphatic hydroxyl groups is 1. The smallest absolute Gasteiger partial charge is 0.296 e. The first-order chi connectivity index (χ1) is 12.9. The van der Waals surface area contributed by atoms with Crippen molar-refractivity contribution in [1.29, 1.82) is 0 Å². The number of carbonyl (C=O) groups excluding carboxylic acids is 1. The van der Waals surface area contributed by atoms with E-state index < -0.39 is 15.7 Å². The molecule has 160 valence electrons. The highest BCUT2D eigenvalue weighted by Crippen LogP contribution is 2.15. The summed E-state index contributed by atoms with van der Waals surface area (Å²) in [6, 6.07) is 6.48. The van der Waals surface area contributed by atoms with E-state index in [1.54, 1.807) is 12.1 Å². The Bertz CT molecular complexity index is 709. The van der Waals surface area contributed by atoms with Crippen LogP contribution in [0.5, 0.6) is 0 Å². The molecule has 0 fully saturated rings. The van der Waals surface area contributed by atoms with Crippen molar-refractivity contribution in [3.63, 3.8) is 0 Å². The maximum Gasteiger partial charge on any atom is 0.296 e. The van der Waals surface area contributed by atoms with Crippen LogP contribution in [0.1, 0.15) is 39.7 Å². The quantitative estimate of drug-likeness (QED) is 0.558. The van der Waals surface area contributed by atoms with Crippen molar-refractivity contribution < 1.29 is 27.2 Å². The first kappa shape index (κ1) is 24.6. The number of aryl methyl sites for hydroxylation is 1. The molecule has 0 aliphatic carbocycles. The Morgan fingerprint density at radius 1 is 1.21 bits per heavy atom. The van der Waals surface area contributed by atoms with Crippen molar-refractivity contribution in [3.05, 3.63) is 29.8 Å². The number of benzene rings is 1. The minimum atomic E-state index is -3.79. The summed E-state index contributed by atoms with van der Waals surface area (Å²) in [5.41, 5.74) is 0.543. The van der Waals surface area contributed by atoms with Crippen LogP contribution in [-0.2, 0) is 23.8 Å². The summed E-state index contributed by atoms with van der Waals surface area (Å²) in [6.45, 7) is 9.80. The molecule has 0 bridgehead atoms. The van der Waals surface area contributed by atoms with E-state index in [9.17, 15) is 18.3 Å². The van der Waals surface area contributed by atoms with Gasteiger partial charge in [-0.05, 0) is 52.2 Å². The highest BCUT2D eigenvalue weighted by atomic mass is 32.2. The van der Waals surface area contributed by atoms with Crippen LogP contribution in [0.4, 0.5) is 0 Å². The van der Waals surface area contributed by atoms with Gasteiger partial charge in [0.25, 0.3) is 10.1 Å². The fraction of sp³-hybridized carbons (Fsp3) is 0.650. The van der Waals surface area contributed by atoms with Crippen molar-refractivity contribution in [1.82, 2.24) is 4.90 Å². The van der Waals surface area contributed by atoms with E-state index in [1.165, 1.54) is 17.0 Å². The summed E-state index contributed by atoms with van der Waals surface area (Å²) < 4.78 is 35.0. The van der Waals surface area contributed by atoms with Crippen molar-refractivity contribution in [2.24, 2.45) is 5.92 Å². The number of ether oxygens (including phenoxy) is 1. The number of hydrogen-bond acceptors (Lipinski definition) is 6. The molecule has 0 aliphatic heterocycles. The van der Waals surface area contributed by atoms with E-state index in [0.717, 1.165) is 5.56 Å². The largest absolute Gasteiger partial charge is 0.395 e. The lowest BCUT2D eigenvalue weighted by Gasteiger charge is -2.27. The van der Waals surface area contributed by atoms with Gasteiger partial charge >= 0.3 is 0 Å². The minimum Gasteiger partial charge on any atom is -0.395 e. The third-order valence-electron chi connectivity index (χ3n) is 4.04. The monoisotopic (exact) mass is 415 g/mol. The van der Waals surface area contributed by atoms with E-state index in [4.69, 9.17) is 8.92 Å². The Hall–Kier alpha value is -1.48. The highest BCUT2D eigenvalue weighted by molar-refractivity contribution is 7.86. The lowest BCUT2D eigenvalue weighted by molar-refractivity contribution is -0.142. The summed E-state index contributed by atoms with van der Waals surface area (Å²) >= 11 is 0. The van der Waals surface area contributed by atoms with Crippen molar-refractivity contribution in [2.45, 2.75) is 51.5 Å². The number of rotatable bonds is 11. The zero-order chi connectivity index (χ0) is 21.4. The maximum absolute atomic E-state index is 12.3. The van der Waals surface area contributed by atoms with E-state index in [1.807, 2.05) is 34.6 Å². The van der Waals surface area contributed by atoms with E-state index >= 15 is 0 Å². The number of hydrogen-bond donors (Lipinski definition) is 1. The molecule has 0 unspecified atom stereocenters. The molecule has 1 atom stereocenters. The molecule has 1 aromatic carbocycles. The van der Waals surface area contributed by atoms with Crippen LogP contribution in [0.2, 0.25) is 0 Å². The Balaban J connectivity index is 2.52. The zero-order valence-corrected chi connectivity index (χ0v) is 18.3. The van der Waals surface area contributed by atoms with Gasteiger partial charge in [0, 0.05) is 13.1 Å². The summed E-state index contributed by atoms with van der Waals surface area (Å²) in [4.78, 5) is 14.0. The zero-order valence-electron chi connectivity index (χ0n) is 17.5. The van der Waals surface area contributed by atoms with E-state index in [2.05, 4.69) is 0 Å².